The summed E-state index contributed by atoms with van der Waals surface area (Å²) in [5.74, 6) is 1.37. The van der Waals surface area contributed by atoms with E-state index in [1.807, 2.05) is 54.6 Å². The molecule has 5 rings (SSSR count). The van der Waals surface area contributed by atoms with Gasteiger partial charge in [-0.15, -0.1) is 0 Å². The zero-order valence-electron chi connectivity index (χ0n) is 19.8. The van der Waals surface area contributed by atoms with Crippen LogP contribution in [0.3, 0.4) is 0 Å². The molecule has 0 spiro atoms. The van der Waals surface area contributed by atoms with E-state index in [1.165, 1.54) is 49.4 Å². The number of carbonyl (C=O) groups is 1. The molecule has 0 atom stereocenters. The summed E-state index contributed by atoms with van der Waals surface area (Å²) in [6.45, 7) is 0. The van der Waals surface area contributed by atoms with Crippen molar-refractivity contribution in [2.45, 2.75) is 43.2 Å². The molecule has 1 heterocycles. The van der Waals surface area contributed by atoms with Gasteiger partial charge < -0.3 is 4.74 Å². The molecule has 0 radical (unpaired) electrons. The van der Waals surface area contributed by atoms with Crippen LogP contribution in [-0.4, -0.2) is 28.2 Å². The summed E-state index contributed by atoms with van der Waals surface area (Å²) in [5.41, 5.74) is 3.03. The molecule has 178 valence electrons. The number of methoxy groups -OCH3 is 1. The Labute approximate surface area is 209 Å². The maximum absolute atomic E-state index is 13.5. The van der Waals surface area contributed by atoms with E-state index < -0.39 is 0 Å². The van der Waals surface area contributed by atoms with Gasteiger partial charge in [0.1, 0.15) is 5.75 Å². The lowest BCUT2D eigenvalue weighted by Gasteiger charge is -2.22. The molecule has 0 saturated heterocycles. The van der Waals surface area contributed by atoms with E-state index >= 15 is 0 Å². The molecule has 0 unspecified atom stereocenters. The second-order valence-electron chi connectivity index (χ2n) is 8.89. The highest BCUT2D eigenvalue weighted by Crippen LogP contribution is 2.33. The first kappa shape index (κ1) is 23.4. The predicted molar refractivity (Wildman–Crippen MR) is 141 cm³/mol. The van der Waals surface area contributed by atoms with Crippen molar-refractivity contribution in [2.75, 3.05) is 12.9 Å². The van der Waals surface area contributed by atoms with Gasteiger partial charge in [-0.1, -0.05) is 79.6 Å². The molecule has 1 aromatic heterocycles. The molecule has 35 heavy (non-hydrogen) atoms. The molecule has 0 bridgehead atoms. The molecule has 3 aromatic carbocycles. The Morgan fingerprint density at radius 3 is 2.46 bits per heavy atom. The zero-order valence-corrected chi connectivity index (χ0v) is 20.6. The van der Waals surface area contributed by atoms with E-state index in [4.69, 9.17) is 9.72 Å². The van der Waals surface area contributed by atoms with Crippen LogP contribution in [0.15, 0.2) is 82.7 Å². The number of para-hydroxylation sites is 3. The molecule has 5 nitrogen and oxygen atoms in total. The van der Waals surface area contributed by atoms with Crippen LogP contribution in [0.1, 0.15) is 53.9 Å². The number of carbonyl (C=O) groups excluding carboxylic acids is 1. The summed E-state index contributed by atoms with van der Waals surface area (Å²) in [4.78, 5) is 31.3. The zero-order chi connectivity index (χ0) is 24.2. The topological polar surface area (TPSA) is 61.2 Å². The molecule has 0 amide bonds. The number of Topliss-reactive ketones (excluding diaryl/α,β-unsaturated/α-hetero) is 1. The molecule has 0 aliphatic heterocycles. The van der Waals surface area contributed by atoms with Crippen molar-refractivity contribution >= 4 is 28.4 Å². The molecule has 1 aliphatic carbocycles. The first-order valence-corrected chi connectivity index (χ1v) is 13.1. The largest absolute Gasteiger partial charge is 0.495 e. The Bertz CT molecular complexity index is 1410. The Hall–Kier alpha value is -3.38. The quantitative estimate of drug-likeness (QED) is 0.172. The number of nitrogens with zero attached hydrogens (tertiary/aromatic N) is 2. The van der Waals surface area contributed by atoms with Gasteiger partial charge in [-0.05, 0) is 48.6 Å². The minimum atomic E-state index is -0.188. The molecule has 0 N–H and O–H groups in total. The lowest BCUT2D eigenvalue weighted by Crippen LogP contribution is -2.22. The molecule has 1 aliphatic rings. The van der Waals surface area contributed by atoms with Crippen LogP contribution in [0.4, 0.5) is 0 Å². The standard InChI is InChI=1S/C29H28N2O3S/c1-34-27-14-8-7-13-25(27)31-28(33)23-11-5-6-12-24(23)30-29(31)35-19-26(32)22-17-15-21(16-18-22)20-9-3-2-4-10-20/h5-8,11-18,20H,2-4,9-10,19H2,1H3. The smallest absolute Gasteiger partial charge is 0.266 e. The van der Waals surface area contributed by atoms with Crippen molar-refractivity contribution in [3.63, 3.8) is 0 Å². The Morgan fingerprint density at radius 2 is 1.69 bits per heavy atom. The highest BCUT2D eigenvalue weighted by molar-refractivity contribution is 7.99. The predicted octanol–water partition coefficient (Wildman–Crippen LogP) is 6.42. The average Bonchev–Trinajstić information content (AvgIpc) is 2.92. The number of ether oxygens (including phenoxy) is 1. The lowest BCUT2D eigenvalue weighted by atomic mass is 9.84. The molecular weight excluding hydrogens is 456 g/mol. The van der Waals surface area contributed by atoms with Crippen LogP contribution in [0, 0.1) is 0 Å². The van der Waals surface area contributed by atoms with E-state index in [0.29, 0.717) is 39.0 Å². The second kappa shape index (κ2) is 10.5. The SMILES string of the molecule is COc1ccccc1-n1c(SCC(=O)c2ccc(C3CCCCC3)cc2)nc2ccccc2c1=O. The van der Waals surface area contributed by atoms with Crippen LogP contribution in [0.25, 0.3) is 16.6 Å². The van der Waals surface area contributed by atoms with Gasteiger partial charge in [0.15, 0.2) is 10.9 Å². The second-order valence-corrected chi connectivity index (χ2v) is 9.84. The third-order valence-electron chi connectivity index (χ3n) is 6.71. The summed E-state index contributed by atoms with van der Waals surface area (Å²) >= 11 is 1.27. The molecule has 1 fully saturated rings. The van der Waals surface area contributed by atoms with Crippen LogP contribution < -0.4 is 10.3 Å². The van der Waals surface area contributed by atoms with Crippen molar-refractivity contribution in [2.24, 2.45) is 0 Å². The summed E-state index contributed by atoms with van der Waals surface area (Å²) in [6.07, 6.45) is 6.37. The van der Waals surface area contributed by atoms with Gasteiger partial charge in [-0.25, -0.2) is 4.98 Å². The van der Waals surface area contributed by atoms with Crippen LogP contribution in [0.5, 0.6) is 5.75 Å². The number of aromatic nitrogens is 2. The Morgan fingerprint density at radius 1 is 0.971 bits per heavy atom. The summed E-state index contributed by atoms with van der Waals surface area (Å²) in [5, 5.41) is 0.984. The van der Waals surface area contributed by atoms with Crippen molar-refractivity contribution in [1.29, 1.82) is 0 Å². The maximum atomic E-state index is 13.5. The number of ketones is 1. The maximum Gasteiger partial charge on any atom is 0.266 e. The Balaban J connectivity index is 1.44. The highest BCUT2D eigenvalue weighted by atomic mass is 32.2. The van der Waals surface area contributed by atoms with Gasteiger partial charge in [0, 0.05) is 5.56 Å². The molecule has 6 heteroatoms. The van der Waals surface area contributed by atoms with E-state index in [0.717, 1.165) is 0 Å². The van der Waals surface area contributed by atoms with Crippen molar-refractivity contribution in [1.82, 2.24) is 9.55 Å². The number of thioether (sulfide) groups is 1. The van der Waals surface area contributed by atoms with E-state index in [1.54, 1.807) is 17.7 Å². The van der Waals surface area contributed by atoms with E-state index in [2.05, 4.69) is 12.1 Å². The fourth-order valence-corrected chi connectivity index (χ4v) is 5.73. The van der Waals surface area contributed by atoms with E-state index in [-0.39, 0.29) is 17.1 Å². The van der Waals surface area contributed by atoms with Crippen LogP contribution in [-0.2, 0) is 0 Å². The summed E-state index contributed by atoms with van der Waals surface area (Å²) in [6, 6.07) is 22.7. The third kappa shape index (κ3) is 4.89. The van der Waals surface area contributed by atoms with E-state index in [9.17, 15) is 9.59 Å². The first-order chi connectivity index (χ1) is 17.2. The summed E-state index contributed by atoms with van der Waals surface area (Å²) < 4.78 is 7.06. The number of fused-ring (bicyclic) bond motifs is 1. The van der Waals surface area contributed by atoms with Crippen molar-refractivity contribution < 1.29 is 9.53 Å². The highest BCUT2D eigenvalue weighted by Gasteiger charge is 2.19. The van der Waals surface area contributed by atoms with Gasteiger partial charge >= 0.3 is 0 Å². The summed E-state index contributed by atoms with van der Waals surface area (Å²) in [7, 11) is 1.58. The minimum absolute atomic E-state index is 0.0131. The Kier molecular flexibility index (Phi) is 7.00. The normalized spacial score (nSPS) is 14.2. The molecular formula is C29H28N2O3S. The fraction of sp³-hybridized carbons (Fsp3) is 0.276. The van der Waals surface area contributed by atoms with Crippen molar-refractivity contribution in [3.05, 3.63) is 94.3 Å². The van der Waals surface area contributed by atoms with Gasteiger partial charge in [-0.3, -0.25) is 14.2 Å². The van der Waals surface area contributed by atoms with Gasteiger partial charge in [0.05, 0.1) is 29.5 Å². The number of hydrogen-bond donors (Lipinski definition) is 0. The first-order valence-electron chi connectivity index (χ1n) is 12.1. The number of benzene rings is 3. The minimum Gasteiger partial charge on any atom is -0.495 e. The van der Waals surface area contributed by atoms with Crippen LogP contribution in [0.2, 0.25) is 0 Å². The van der Waals surface area contributed by atoms with Crippen LogP contribution >= 0.6 is 11.8 Å². The fourth-order valence-electron chi connectivity index (χ4n) is 4.83. The number of rotatable bonds is 7. The van der Waals surface area contributed by atoms with Gasteiger partial charge in [0.25, 0.3) is 5.56 Å². The van der Waals surface area contributed by atoms with Gasteiger partial charge in [-0.2, -0.15) is 0 Å². The van der Waals surface area contributed by atoms with Crippen molar-refractivity contribution in [3.8, 4) is 11.4 Å². The number of hydrogen-bond acceptors (Lipinski definition) is 5. The molecule has 4 aromatic rings. The molecule has 1 saturated carbocycles. The van der Waals surface area contributed by atoms with Gasteiger partial charge in [0.2, 0.25) is 0 Å². The lowest BCUT2D eigenvalue weighted by molar-refractivity contribution is 0.102. The average molecular weight is 485 g/mol. The monoisotopic (exact) mass is 484 g/mol. The third-order valence-corrected chi connectivity index (χ3v) is 7.65.